The van der Waals surface area contributed by atoms with Crippen molar-refractivity contribution in [1.29, 1.82) is 0 Å². The van der Waals surface area contributed by atoms with E-state index < -0.39 is 0 Å². The number of hydrogen-bond donors (Lipinski definition) is 1. The molecule has 0 saturated heterocycles. The van der Waals surface area contributed by atoms with Gasteiger partial charge in [-0.2, -0.15) is 0 Å². The molecule has 130 valence electrons. The average molecular weight is 350 g/mol. The molecule has 0 spiro atoms. The molecule has 0 unspecified atom stereocenters. The zero-order valence-corrected chi connectivity index (χ0v) is 13.7. The number of carbonyl (C=O) groups is 1. The molecule has 0 aliphatic carbocycles. The molecule has 7 heteroatoms. The van der Waals surface area contributed by atoms with Crippen LogP contribution < -0.4 is 10.5 Å². The Bertz CT molecular complexity index is 976. The van der Waals surface area contributed by atoms with Crippen LogP contribution in [0.15, 0.2) is 54.7 Å². The van der Waals surface area contributed by atoms with Crippen LogP contribution >= 0.6 is 0 Å². The fourth-order valence-corrected chi connectivity index (χ4v) is 2.83. The Kier molecular flexibility index (Phi) is 3.96. The Balaban J connectivity index is 1.51. The van der Waals surface area contributed by atoms with E-state index in [9.17, 15) is 9.18 Å². The molecule has 2 heterocycles. The van der Waals surface area contributed by atoms with Gasteiger partial charge in [0.2, 0.25) is 5.95 Å². The van der Waals surface area contributed by atoms with Gasteiger partial charge < -0.3 is 15.4 Å². The minimum atomic E-state index is -0.335. The van der Waals surface area contributed by atoms with E-state index in [0.717, 1.165) is 11.3 Å². The topological polar surface area (TPSA) is 81.3 Å². The van der Waals surface area contributed by atoms with Crippen LogP contribution in [-0.4, -0.2) is 20.8 Å². The lowest BCUT2D eigenvalue weighted by atomic mass is 10.2. The fourth-order valence-electron chi connectivity index (χ4n) is 2.83. The molecule has 1 amide bonds. The molecule has 0 saturated carbocycles. The number of carbonyl (C=O) groups excluding carboxylic acids is 1. The van der Waals surface area contributed by atoms with E-state index in [0.29, 0.717) is 30.2 Å². The van der Waals surface area contributed by atoms with Crippen molar-refractivity contribution in [2.75, 3.05) is 5.73 Å². The second kappa shape index (κ2) is 6.44. The maximum Gasteiger partial charge on any atom is 0.254 e. The average Bonchev–Trinajstić information content (AvgIpc) is 3.06. The molecular formula is C19H15FN4O2. The maximum absolute atomic E-state index is 13.0. The second-order valence-electron chi connectivity index (χ2n) is 5.95. The van der Waals surface area contributed by atoms with Gasteiger partial charge >= 0.3 is 0 Å². The molecule has 1 aliphatic heterocycles. The largest absolute Gasteiger partial charge is 0.457 e. The molecule has 0 bridgehead atoms. The first kappa shape index (κ1) is 16.0. The van der Waals surface area contributed by atoms with Crippen molar-refractivity contribution in [3.63, 3.8) is 0 Å². The van der Waals surface area contributed by atoms with E-state index in [1.807, 2.05) is 0 Å². The van der Waals surface area contributed by atoms with Crippen molar-refractivity contribution in [1.82, 2.24) is 14.9 Å². The summed E-state index contributed by atoms with van der Waals surface area (Å²) in [5.74, 6) is 0.732. The van der Waals surface area contributed by atoms with Gasteiger partial charge in [0.15, 0.2) is 0 Å². The van der Waals surface area contributed by atoms with E-state index in [1.165, 1.54) is 24.3 Å². The predicted molar refractivity (Wildman–Crippen MR) is 92.9 cm³/mol. The third kappa shape index (κ3) is 3.19. The van der Waals surface area contributed by atoms with Gasteiger partial charge in [-0.1, -0.05) is 6.07 Å². The number of nitrogens with zero attached hydrogens (tertiary/aromatic N) is 3. The maximum atomic E-state index is 13.0. The van der Waals surface area contributed by atoms with Gasteiger partial charge in [0.1, 0.15) is 17.3 Å². The molecule has 4 rings (SSSR count). The van der Waals surface area contributed by atoms with Crippen LogP contribution in [-0.2, 0) is 13.1 Å². The van der Waals surface area contributed by atoms with Crippen molar-refractivity contribution in [3.8, 4) is 11.5 Å². The van der Waals surface area contributed by atoms with Crippen LogP contribution in [0.1, 0.15) is 21.6 Å². The summed E-state index contributed by atoms with van der Waals surface area (Å²) in [6.07, 6.45) is 1.65. The first-order chi connectivity index (χ1) is 12.6. The Morgan fingerprint density at radius 1 is 1.12 bits per heavy atom. The number of hydrogen-bond acceptors (Lipinski definition) is 5. The lowest BCUT2D eigenvalue weighted by Crippen LogP contribution is -2.25. The van der Waals surface area contributed by atoms with E-state index >= 15 is 0 Å². The number of nitrogens with two attached hydrogens (primary N) is 1. The molecule has 3 aromatic rings. The predicted octanol–water partition coefficient (Wildman–Crippen LogP) is 3.15. The lowest BCUT2D eigenvalue weighted by molar-refractivity contribution is 0.0750. The molecule has 26 heavy (non-hydrogen) atoms. The molecule has 0 atom stereocenters. The summed E-state index contributed by atoms with van der Waals surface area (Å²) in [5.41, 5.74) is 7.76. The number of amides is 1. The molecular weight excluding hydrogens is 335 g/mol. The first-order valence-corrected chi connectivity index (χ1v) is 8.01. The smallest absolute Gasteiger partial charge is 0.254 e. The molecule has 1 aliphatic rings. The van der Waals surface area contributed by atoms with Crippen LogP contribution in [0, 0.1) is 5.82 Å². The molecule has 6 nitrogen and oxygen atoms in total. The minimum Gasteiger partial charge on any atom is -0.457 e. The minimum absolute atomic E-state index is 0.133. The van der Waals surface area contributed by atoms with E-state index in [2.05, 4.69) is 9.97 Å². The first-order valence-electron chi connectivity index (χ1n) is 8.01. The number of nitrogen functional groups attached to an aromatic ring is 1. The van der Waals surface area contributed by atoms with Gasteiger partial charge in [0, 0.05) is 23.9 Å². The van der Waals surface area contributed by atoms with Gasteiger partial charge in [0.25, 0.3) is 5.91 Å². The van der Waals surface area contributed by atoms with Crippen molar-refractivity contribution in [3.05, 3.63) is 77.4 Å². The highest BCUT2D eigenvalue weighted by molar-refractivity contribution is 5.94. The normalized spacial score (nSPS) is 12.7. The zero-order chi connectivity index (χ0) is 18.1. The summed E-state index contributed by atoms with van der Waals surface area (Å²) >= 11 is 0. The van der Waals surface area contributed by atoms with E-state index in [-0.39, 0.29) is 17.7 Å². The fraction of sp³-hybridized carbons (Fsp3) is 0.105. The molecule has 0 fully saturated rings. The van der Waals surface area contributed by atoms with Gasteiger partial charge in [-0.15, -0.1) is 0 Å². The Labute approximate surface area is 149 Å². The Hall–Kier alpha value is -3.48. The number of rotatable bonds is 3. The zero-order valence-electron chi connectivity index (χ0n) is 13.7. The quantitative estimate of drug-likeness (QED) is 0.785. The lowest BCUT2D eigenvalue weighted by Gasteiger charge is -2.15. The number of benzene rings is 2. The summed E-state index contributed by atoms with van der Waals surface area (Å²) in [6, 6.07) is 12.6. The second-order valence-corrected chi connectivity index (χ2v) is 5.95. The third-order valence-corrected chi connectivity index (χ3v) is 4.09. The van der Waals surface area contributed by atoms with Gasteiger partial charge in [0.05, 0.1) is 12.2 Å². The van der Waals surface area contributed by atoms with E-state index in [1.54, 1.807) is 35.4 Å². The van der Waals surface area contributed by atoms with Crippen LogP contribution in [0.2, 0.25) is 0 Å². The highest BCUT2D eigenvalue weighted by atomic mass is 19.1. The number of fused-ring (bicyclic) bond motifs is 1. The molecule has 1 aromatic heterocycles. The van der Waals surface area contributed by atoms with Crippen LogP contribution in [0.25, 0.3) is 0 Å². The monoisotopic (exact) mass is 350 g/mol. The summed E-state index contributed by atoms with van der Waals surface area (Å²) in [6.45, 7) is 0.835. The van der Waals surface area contributed by atoms with Crippen LogP contribution in [0.4, 0.5) is 10.3 Å². The van der Waals surface area contributed by atoms with Crippen LogP contribution in [0.3, 0.4) is 0 Å². The number of aromatic nitrogens is 2. The summed E-state index contributed by atoms with van der Waals surface area (Å²) in [5, 5.41) is 0. The summed E-state index contributed by atoms with van der Waals surface area (Å²) in [4.78, 5) is 22.6. The summed E-state index contributed by atoms with van der Waals surface area (Å²) < 4.78 is 18.7. The molecule has 2 N–H and O–H groups in total. The SMILES string of the molecule is Nc1ncc2c(n1)CN(C(=O)c1cccc(Oc3ccc(F)cc3)c1)C2. The Morgan fingerprint density at radius 3 is 2.73 bits per heavy atom. The number of halogens is 1. The van der Waals surface area contributed by atoms with Crippen molar-refractivity contribution in [2.24, 2.45) is 0 Å². The molecule has 2 aromatic carbocycles. The Morgan fingerprint density at radius 2 is 1.92 bits per heavy atom. The van der Waals surface area contributed by atoms with Gasteiger partial charge in [-0.3, -0.25) is 4.79 Å². The summed E-state index contributed by atoms with van der Waals surface area (Å²) in [7, 11) is 0. The van der Waals surface area contributed by atoms with Crippen molar-refractivity contribution >= 4 is 11.9 Å². The van der Waals surface area contributed by atoms with Crippen molar-refractivity contribution in [2.45, 2.75) is 13.1 Å². The number of anilines is 1. The van der Waals surface area contributed by atoms with Crippen molar-refractivity contribution < 1.29 is 13.9 Å². The third-order valence-electron chi connectivity index (χ3n) is 4.09. The van der Waals surface area contributed by atoms with E-state index in [4.69, 9.17) is 10.5 Å². The molecule has 0 radical (unpaired) electrons. The highest BCUT2D eigenvalue weighted by Gasteiger charge is 2.26. The highest BCUT2D eigenvalue weighted by Crippen LogP contribution is 2.26. The van der Waals surface area contributed by atoms with Crippen LogP contribution in [0.5, 0.6) is 11.5 Å². The van der Waals surface area contributed by atoms with Gasteiger partial charge in [-0.05, 0) is 42.5 Å². The standard InChI is InChI=1S/C19H15FN4O2/c20-14-4-6-15(7-5-14)26-16-3-1-2-12(8-16)18(25)24-10-13-9-22-19(21)23-17(13)11-24/h1-9H,10-11H2,(H2,21,22,23). The number of ether oxygens (including phenoxy) is 1. The van der Waals surface area contributed by atoms with Gasteiger partial charge in [-0.25, -0.2) is 14.4 Å².